The summed E-state index contributed by atoms with van der Waals surface area (Å²) in [6.07, 6.45) is 6.56. The van der Waals surface area contributed by atoms with E-state index in [1.165, 1.54) is 0 Å². The van der Waals surface area contributed by atoms with Gasteiger partial charge in [-0.15, -0.1) is 0 Å². The monoisotopic (exact) mass is 472 g/mol. The van der Waals surface area contributed by atoms with Gasteiger partial charge >= 0.3 is 159 Å². The standard InChI is InChI=1S/C11H12N2O2.2C4H9.ClH.Sn/c12-9(11(14)15)5-7-6-13-10-4-2-1-3-8(7)10;2*1-3-4-2;;/h1-4,6,9,13H,5,12H2,(H,14,15);2*1,3-4H2,2H3;1H;/q;;;;+2/p-2/t9-;;;;/m0..../s1. The number of aromatic amines is 1. The van der Waals surface area contributed by atoms with Crippen LogP contribution in [0.15, 0.2) is 30.5 Å². The van der Waals surface area contributed by atoms with E-state index < -0.39 is 23.7 Å². The molecule has 0 spiro atoms. The van der Waals surface area contributed by atoms with E-state index in [0.717, 1.165) is 51.0 Å². The number of H-pyrrole nitrogens is 1. The molecule has 0 fully saturated rings. The van der Waals surface area contributed by atoms with Crippen molar-refractivity contribution in [1.82, 2.24) is 4.98 Å². The van der Waals surface area contributed by atoms with Crippen LogP contribution in [0.5, 0.6) is 0 Å². The van der Waals surface area contributed by atoms with Gasteiger partial charge in [0.2, 0.25) is 0 Å². The minimum absolute atomic E-state index is 0.330. The molecule has 2 rings (SSSR count). The molecule has 138 valence electrons. The molecule has 0 saturated heterocycles. The number of nitrogens with two attached hydrogens (primary N) is 1. The average molecular weight is 472 g/mol. The molecule has 3 N–H and O–H groups in total. The first-order chi connectivity index (χ1) is 12.0. The fourth-order valence-electron chi connectivity index (χ4n) is 2.99. The zero-order valence-electron chi connectivity index (χ0n) is 15.2. The van der Waals surface area contributed by atoms with Gasteiger partial charge in [-0.1, -0.05) is 0 Å². The SMILES string of the molecule is CCC[CH2][Sn]([Cl])([CH2]CCC)[O]C(=O)[C@@H](N)Cc1c[nH]c2ccccc12. The molecule has 25 heavy (non-hydrogen) atoms. The third-order valence-electron chi connectivity index (χ3n) is 4.51. The van der Waals surface area contributed by atoms with Crippen molar-refractivity contribution < 1.29 is 7.87 Å². The van der Waals surface area contributed by atoms with Crippen LogP contribution in [0.25, 0.3) is 10.9 Å². The van der Waals surface area contributed by atoms with Gasteiger partial charge in [0.05, 0.1) is 0 Å². The molecule has 0 aliphatic carbocycles. The third-order valence-corrected chi connectivity index (χ3v) is 15.5. The van der Waals surface area contributed by atoms with Crippen LogP contribution in [0.2, 0.25) is 8.87 Å². The maximum atomic E-state index is 12.6. The summed E-state index contributed by atoms with van der Waals surface area (Å²) in [6, 6.07) is 7.34. The number of rotatable bonds is 10. The summed E-state index contributed by atoms with van der Waals surface area (Å²) in [5, 5.41) is 1.10. The van der Waals surface area contributed by atoms with E-state index in [1.807, 2.05) is 30.5 Å². The molecular weight excluding hydrogens is 442 g/mol. The van der Waals surface area contributed by atoms with E-state index in [1.54, 1.807) is 0 Å². The summed E-state index contributed by atoms with van der Waals surface area (Å²) < 4.78 is 7.61. The van der Waals surface area contributed by atoms with E-state index in [9.17, 15) is 4.79 Å². The number of hydrogen-bond acceptors (Lipinski definition) is 3. The first-order valence-corrected chi connectivity index (χ1v) is 18.0. The second-order valence-electron chi connectivity index (χ2n) is 6.68. The van der Waals surface area contributed by atoms with Crippen molar-refractivity contribution in [2.75, 3.05) is 0 Å². The number of hydrogen-bond donors (Lipinski definition) is 2. The second kappa shape index (κ2) is 9.83. The van der Waals surface area contributed by atoms with Crippen LogP contribution >= 0.6 is 8.92 Å². The van der Waals surface area contributed by atoms with Gasteiger partial charge in [0.25, 0.3) is 0 Å². The molecule has 0 aliphatic rings. The Morgan fingerprint density at radius 3 is 2.52 bits per heavy atom. The second-order valence-corrected chi connectivity index (χ2v) is 19.8. The Kier molecular flexibility index (Phi) is 8.10. The van der Waals surface area contributed by atoms with Crippen LogP contribution in [0, 0.1) is 0 Å². The third kappa shape index (κ3) is 5.90. The summed E-state index contributed by atoms with van der Waals surface area (Å²) in [5.74, 6) is -0.330. The normalized spacial score (nSPS) is 13.1. The van der Waals surface area contributed by atoms with Crippen molar-refractivity contribution in [1.29, 1.82) is 0 Å². The van der Waals surface area contributed by atoms with Crippen LogP contribution < -0.4 is 5.73 Å². The van der Waals surface area contributed by atoms with Crippen LogP contribution in [-0.4, -0.2) is 34.7 Å². The van der Waals surface area contributed by atoms with Gasteiger partial charge in [0.15, 0.2) is 0 Å². The Morgan fingerprint density at radius 1 is 1.24 bits per heavy atom. The van der Waals surface area contributed by atoms with Gasteiger partial charge in [-0.3, -0.25) is 0 Å². The van der Waals surface area contributed by atoms with Gasteiger partial charge < -0.3 is 0 Å². The molecule has 2 aromatic rings. The molecule has 6 heteroatoms. The number of benzene rings is 1. The van der Waals surface area contributed by atoms with Crippen LogP contribution in [0.4, 0.5) is 0 Å². The van der Waals surface area contributed by atoms with Crippen LogP contribution in [0.3, 0.4) is 0 Å². The molecule has 1 aromatic heterocycles. The molecule has 0 bridgehead atoms. The van der Waals surface area contributed by atoms with E-state index in [2.05, 4.69) is 18.8 Å². The number of para-hydroxylation sites is 1. The van der Waals surface area contributed by atoms with Crippen molar-refractivity contribution in [2.24, 2.45) is 5.73 Å². The van der Waals surface area contributed by atoms with Crippen molar-refractivity contribution >= 4 is 43.5 Å². The zero-order valence-corrected chi connectivity index (χ0v) is 18.8. The van der Waals surface area contributed by atoms with E-state index in [4.69, 9.17) is 17.7 Å². The predicted molar refractivity (Wildman–Crippen MR) is 107 cm³/mol. The Balaban J connectivity index is 2.02. The van der Waals surface area contributed by atoms with E-state index >= 15 is 0 Å². The summed E-state index contributed by atoms with van der Waals surface area (Å²) in [5.41, 5.74) is 8.24. The average Bonchev–Trinajstić information content (AvgIpc) is 3.01. The number of carbonyl (C=O) groups is 1. The number of aromatic nitrogens is 1. The molecule has 0 saturated carbocycles. The van der Waals surface area contributed by atoms with Gasteiger partial charge in [-0.2, -0.15) is 0 Å². The predicted octanol–water partition coefficient (Wildman–Crippen LogP) is 4.86. The topological polar surface area (TPSA) is 68.1 Å². The van der Waals surface area contributed by atoms with Crippen molar-refractivity contribution in [3.63, 3.8) is 0 Å². The molecular formula is C19H29ClN2O2Sn. The number of carbonyl (C=O) groups excluding carboxylic acids is 1. The summed E-state index contributed by atoms with van der Waals surface area (Å²) in [4.78, 5) is 15.8. The van der Waals surface area contributed by atoms with Crippen LogP contribution in [0.1, 0.15) is 45.1 Å². The molecule has 0 unspecified atom stereocenters. The Labute approximate surface area is 158 Å². The number of nitrogens with one attached hydrogen (secondary N) is 1. The maximum absolute atomic E-state index is 12.6. The number of fused-ring (bicyclic) bond motifs is 1. The summed E-state index contributed by atoms with van der Waals surface area (Å²) >= 11 is -3.36. The molecule has 1 atom stereocenters. The Hall–Kier alpha value is -0.721. The molecule has 0 radical (unpaired) electrons. The zero-order chi connectivity index (χ0) is 18.3. The molecule has 0 aliphatic heterocycles. The molecule has 4 nitrogen and oxygen atoms in total. The molecule has 0 amide bonds. The quantitative estimate of drug-likeness (QED) is 0.486. The fraction of sp³-hybridized carbons (Fsp3) is 0.526. The van der Waals surface area contributed by atoms with Crippen molar-refractivity contribution in [3.05, 3.63) is 36.0 Å². The first kappa shape index (κ1) is 20.6. The molecule has 1 heterocycles. The van der Waals surface area contributed by atoms with E-state index in [-0.39, 0.29) is 5.97 Å². The van der Waals surface area contributed by atoms with Crippen molar-refractivity contribution in [3.8, 4) is 0 Å². The number of halogens is 1. The van der Waals surface area contributed by atoms with Gasteiger partial charge in [0.1, 0.15) is 0 Å². The summed E-state index contributed by atoms with van der Waals surface area (Å²) in [7, 11) is 6.82. The van der Waals surface area contributed by atoms with Crippen molar-refractivity contribution in [2.45, 2.75) is 60.9 Å². The van der Waals surface area contributed by atoms with Gasteiger partial charge in [-0.25, -0.2) is 0 Å². The minimum atomic E-state index is -3.36. The Bertz CT molecular complexity index is 681. The molecule has 1 aromatic carbocycles. The van der Waals surface area contributed by atoms with Gasteiger partial charge in [-0.05, 0) is 0 Å². The first-order valence-electron chi connectivity index (χ1n) is 9.21. The van der Waals surface area contributed by atoms with E-state index in [0.29, 0.717) is 6.42 Å². The van der Waals surface area contributed by atoms with Crippen LogP contribution in [-0.2, 0) is 14.3 Å². The number of unbranched alkanes of at least 4 members (excludes halogenated alkanes) is 2. The Morgan fingerprint density at radius 2 is 1.88 bits per heavy atom. The fourth-order valence-corrected chi connectivity index (χ4v) is 13.1. The van der Waals surface area contributed by atoms with Gasteiger partial charge in [0, 0.05) is 0 Å². The summed E-state index contributed by atoms with van der Waals surface area (Å²) in [6.45, 7) is 4.27.